The van der Waals surface area contributed by atoms with Crippen molar-refractivity contribution in [3.63, 3.8) is 0 Å². The lowest BCUT2D eigenvalue weighted by Gasteiger charge is -2.56. The van der Waals surface area contributed by atoms with E-state index in [4.69, 9.17) is 0 Å². The Morgan fingerprint density at radius 1 is 0.609 bits per heavy atom. The van der Waals surface area contributed by atoms with Gasteiger partial charge in [-0.1, -0.05) is 100 Å². The van der Waals surface area contributed by atoms with E-state index in [1.54, 1.807) is 0 Å². The van der Waals surface area contributed by atoms with Crippen molar-refractivity contribution in [3.05, 3.63) is 119 Å². The molecule has 9 rings (SSSR count). The van der Waals surface area contributed by atoms with Crippen LogP contribution in [-0.4, -0.2) is 14.3 Å². The third-order valence-electron chi connectivity index (χ3n) is 12.1. The first-order valence-electron chi connectivity index (χ1n) is 16.9. The predicted molar refractivity (Wildman–Crippen MR) is 183 cm³/mol. The summed E-state index contributed by atoms with van der Waals surface area (Å²) >= 11 is 0. The summed E-state index contributed by atoms with van der Waals surface area (Å²) in [6, 6.07) is 32.0. The molecular weight excluding hydrogens is 587 g/mol. The Morgan fingerprint density at radius 2 is 1.00 bits per heavy atom. The van der Waals surface area contributed by atoms with Crippen molar-refractivity contribution in [2.45, 2.75) is 86.8 Å². The van der Waals surface area contributed by atoms with Crippen molar-refractivity contribution < 1.29 is 13.2 Å². The molecule has 0 aromatic heterocycles. The zero-order chi connectivity index (χ0) is 32.1. The molecule has 4 aromatic carbocycles. The van der Waals surface area contributed by atoms with Gasteiger partial charge >= 0.3 is 0 Å². The third-order valence-corrected chi connectivity index (χ3v) is 13.9. The molecule has 4 fully saturated rings. The van der Waals surface area contributed by atoms with Crippen molar-refractivity contribution in [3.8, 4) is 0 Å². The minimum Gasteiger partial charge on any atom is -0.278 e. The summed E-state index contributed by atoms with van der Waals surface area (Å²) in [6.07, 6.45) is 6.48. The molecule has 0 saturated heterocycles. The van der Waals surface area contributed by atoms with E-state index in [0.717, 1.165) is 41.5 Å². The second-order valence-electron chi connectivity index (χ2n) is 15.7. The molecule has 0 atom stereocenters. The van der Waals surface area contributed by atoms with Gasteiger partial charge in [0.05, 0.1) is 26.6 Å². The van der Waals surface area contributed by atoms with Crippen LogP contribution in [0.15, 0.2) is 107 Å². The lowest BCUT2D eigenvalue weighted by Crippen LogP contribution is -2.54. The Labute approximate surface area is 273 Å². The molecule has 4 saturated carbocycles. The fourth-order valence-electron chi connectivity index (χ4n) is 9.73. The lowest BCUT2D eigenvalue weighted by atomic mass is 9.49. The van der Waals surface area contributed by atoms with Crippen molar-refractivity contribution in [1.29, 1.82) is 0 Å². The standard InChI is InChI=1S/C41H43NO3S/c1-39(2,30-11-7-5-8-12-30)32-15-17-34-36(22-32)46(44,45)37-23-33(40(3,4)31-13-9-6-10-14-31)16-18-35(37)42(34)38(43)41-24-27-19-28(25-41)21-29(20-27)26-41/h5-18,22-23,27-29H,19-21,24-26H2,1-4H3. The summed E-state index contributed by atoms with van der Waals surface area (Å²) in [4.78, 5) is 17.4. The first-order valence-corrected chi connectivity index (χ1v) is 18.4. The highest BCUT2D eigenvalue weighted by molar-refractivity contribution is 7.92. The van der Waals surface area contributed by atoms with Gasteiger partial charge in [0.2, 0.25) is 15.7 Å². The normalized spacial score (nSPS) is 26.0. The Bertz CT molecular complexity index is 1820. The third kappa shape index (κ3) is 4.37. The summed E-state index contributed by atoms with van der Waals surface area (Å²) in [6.45, 7) is 8.52. The van der Waals surface area contributed by atoms with Crippen LogP contribution in [0, 0.1) is 23.2 Å². The maximum absolute atomic E-state index is 15.1. The van der Waals surface area contributed by atoms with Crippen molar-refractivity contribution in [2.24, 2.45) is 23.2 Å². The largest absolute Gasteiger partial charge is 0.278 e. The van der Waals surface area contributed by atoms with E-state index in [9.17, 15) is 8.42 Å². The second kappa shape index (κ2) is 10.1. The Morgan fingerprint density at radius 3 is 1.39 bits per heavy atom. The van der Waals surface area contributed by atoms with Crippen LogP contribution in [0.5, 0.6) is 0 Å². The highest BCUT2D eigenvalue weighted by Gasteiger charge is 2.57. The van der Waals surface area contributed by atoms with Gasteiger partial charge in [-0.05, 0) is 103 Å². The van der Waals surface area contributed by atoms with Crippen LogP contribution in [0.3, 0.4) is 0 Å². The van der Waals surface area contributed by atoms with Crippen LogP contribution in [0.2, 0.25) is 0 Å². The van der Waals surface area contributed by atoms with Gasteiger partial charge in [0.25, 0.3) is 0 Å². The summed E-state index contributed by atoms with van der Waals surface area (Å²) < 4.78 is 29.6. The van der Waals surface area contributed by atoms with E-state index < -0.39 is 26.1 Å². The van der Waals surface area contributed by atoms with Gasteiger partial charge in [0.15, 0.2) is 0 Å². The number of benzene rings is 4. The number of anilines is 2. The number of nitrogens with zero attached hydrogens (tertiary/aromatic N) is 1. The van der Waals surface area contributed by atoms with Crippen LogP contribution in [0.4, 0.5) is 11.4 Å². The van der Waals surface area contributed by atoms with Gasteiger partial charge in [-0.3, -0.25) is 9.69 Å². The van der Waals surface area contributed by atoms with Gasteiger partial charge in [-0.2, -0.15) is 0 Å². The molecule has 0 N–H and O–H groups in total. The number of fused-ring (bicyclic) bond motifs is 2. The number of carbonyl (C=O) groups is 1. The summed E-state index contributed by atoms with van der Waals surface area (Å²) in [5.41, 5.74) is 3.74. The van der Waals surface area contributed by atoms with E-state index in [-0.39, 0.29) is 15.7 Å². The summed E-state index contributed by atoms with van der Waals surface area (Å²) in [5, 5.41) is 0. The van der Waals surface area contributed by atoms with Gasteiger partial charge < -0.3 is 0 Å². The zero-order valence-corrected chi connectivity index (χ0v) is 28.1. The molecule has 0 spiro atoms. The minimum atomic E-state index is -3.95. The van der Waals surface area contributed by atoms with E-state index in [1.807, 2.05) is 77.7 Å². The number of rotatable bonds is 5. The number of carbonyl (C=O) groups excluding carboxylic acids is 1. The Kier molecular flexibility index (Phi) is 6.55. The highest BCUT2D eigenvalue weighted by atomic mass is 32.2. The SMILES string of the molecule is CC(C)(c1ccccc1)c1ccc2c(c1)S(=O)(=O)c1cc(C(C)(C)c3ccccc3)ccc1N2C(=O)C12CC3CC(CC(C3)C1)C2. The molecule has 4 aliphatic carbocycles. The molecular formula is C41H43NO3S. The summed E-state index contributed by atoms with van der Waals surface area (Å²) in [5.74, 6) is 1.90. The maximum atomic E-state index is 15.1. The Hall–Kier alpha value is -3.70. The van der Waals surface area contributed by atoms with Crippen molar-refractivity contribution in [2.75, 3.05) is 4.90 Å². The van der Waals surface area contributed by atoms with Gasteiger partial charge in [-0.25, -0.2) is 8.42 Å². The molecule has 1 aliphatic heterocycles. The Balaban J connectivity index is 1.31. The topological polar surface area (TPSA) is 54.5 Å². The van der Waals surface area contributed by atoms with Gasteiger partial charge in [-0.15, -0.1) is 0 Å². The molecule has 0 unspecified atom stereocenters. The molecule has 4 bridgehead atoms. The molecule has 236 valence electrons. The van der Waals surface area contributed by atoms with Gasteiger partial charge in [0.1, 0.15) is 0 Å². The quantitative estimate of drug-likeness (QED) is 0.221. The van der Waals surface area contributed by atoms with Crippen LogP contribution >= 0.6 is 0 Å². The number of amides is 1. The maximum Gasteiger partial charge on any atom is 0.237 e. The molecule has 4 aromatic rings. The molecule has 0 radical (unpaired) electrons. The molecule has 1 amide bonds. The second-order valence-corrected chi connectivity index (χ2v) is 17.6. The first-order chi connectivity index (χ1) is 21.9. The lowest BCUT2D eigenvalue weighted by molar-refractivity contribution is -0.142. The van der Waals surface area contributed by atoms with Crippen LogP contribution in [0.1, 0.15) is 88.5 Å². The molecule has 5 aliphatic rings. The molecule has 1 heterocycles. The van der Waals surface area contributed by atoms with Crippen molar-refractivity contribution in [1.82, 2.24) is 0 Å². The van der Waals surface area contributed by atoms with E-state index in [0.29, 0.717) is 29.1 Å². The molecule has 46 heavy (non-hydrogen) atoms. The summed E-state index contributed by atoms with van der Waals surface area (Å²) in [7, 11) is -3.95. The minimum absolute atomic E-state index is 0.0918. The van der Waals surface area contributed by atoms with Crippen LogP contribution in [0.25, 0.3) is 0 Å². The van der Waals surface area contributed by atoms with Gasteiger partial charge in [0, 0.05) is 10.8 Å². The average Bonchev–Trinajstić information content (AvgIpc) is 3.04. The number of sulfone groups is 1. The zero-order valence-electron chi connectivity index (χ0n) is 27.3. The number of hydrogen-bond donors (Lipinski definition) is 0. The first kappa shape index (κ1) is 29.7. The smallest absolute Gasteiger partial charge is 0.237 e. The van der Waals surface area contributed by atoms with Crippen molar-refractivity contribution >= 4 is 27.1 Å². The molecule has 4 nitrogen and oxygen atoms in total. The van der Waals surface area contributed by atoms with E-state index in [1.165, 1.54) is 19.3 Å². The molecule has 5 heteroatoms. The predicted octanol–water partition coefficient (Wildman–Crippen LogP) is 9.37. The van der Waals surface area contributed by atoms with Crippen LogP contribution in [-0.2, 0) is 25.5 Å². The fraction of sp³-hybridized carbons (Fsp3) is 0.390. The van der Waals surface area contributed by atoms with E-state index >= 15 is 4.79 Å². The van der Waals surface area contributed by atoms with Crippen LogP contribution < -0.4 is 4.90 Å². The monoisotopic (exact) mass is 629 g/mol. The fourth-order valence-corrected chi connectivity index (χ4v) is 11.4. The highest BCUT2D eigenvalue weighted by Crippen LogP contribution is 2.62. The van der Waals surface area contributed by atoms with E-state index in [2.05, 4.69) is 52.0 Å². The average molecular weight is 630 g/mol. The number of hydrogen-bond acceptors (Lipinski definition) is 3.